The zero-order valence-corrected chi connectivity index (χ0v) is 21.5. The second kappa shape index (κ2) is 10.6. The zero-order chi connectivity index (χ0) is 25.0. The van der Waals surface area contributed by atoms with Gasteiger partial charge in [-0.3, -0.25) is 14.3 Å². The van der Waals surface area contributed by atoms with Crippen molar-refractivity contribution in [3.63, 3.8) is 0 Å². The van der Waals surface area contributed by atoms with Crippen molar-refractivity contribution in [3.8, 4) is 0 Å². The van der Waals surface area contributed by atoms with Gasteiger partial charge in [0.1, 0.15) is 0 Å². The molecule has 2 amide bonds. The molecule has 184 valence electrons. The third-order valence-corrected chi connectivity index (χ3v) is 7.68. The van der Waals surface area contributed by atoms with Crippen LogP contribution in [0.3, 0.4) is 0 Å². The van der Waals surface area contributed by atoms with E-state index in [-0.39, 0.29) is 22.6 Å². The van der Waals surface area contributed by atoms with Crippen LogP contribution in [0, 0.1) is 32.6 Å². The Balaban J connectivity index is 1.75. The number of amides is 2. The predicted octanol–water partition coefficient (Wildman–Crippen LogP) is 4.04. The van der Waals surface area contributed by atoms with E-state index in [4.69, 9.17) is 0 Å². The van der Waals surface area contributed by atoms with E-state index >= 15 is 0 Å². The van der Waals surface area contributed by atoms with Crippen LogP contribution in [0.1, 0.15) is 53.7 Å². The lowest BCUT2D eigenvalue weighted by atomic mass is 9.96. The molecule has 2 aromatic carbocycles. The topological polar surface area (TPSA) is 95.6 Å². The molecule has 1 aliphatic heterocycles. The van der Waals surface area contributed by atoms with Crippen molar-refractivity contribution in [2.75, 3.05) is 24.4 Å². The molecule has 0 aromatic heterocycles. The van der Waals surface area contributed by atoms with Crippen molar-refractivity contribution in [1.82, 2.24) is 10.2 Å². The number of carbonyl (C=O) groups is 2. The van der Waals surface area contributed by atoms with Crippen molar-refractivity contribution in [2.45, 2.75) is 52.4 Å². The van der Waals surface area contributed by atoms with Gasteiger partial charge >= 0.3 is 0 Å². The summed E-state index contributed by atoms with van der Waals surface area (Å²) in [6.07, 6.45) is 1.51. The summed E-state index contributed by atoms with van der Waals surface area (Å²) in [7, 11) is -3.82. The average Bonchev–Trinajstić information content (AvgIpc) is 2.75. The van der Waals surface area contributed by atoms with Crippen molar-refractivity contribution >= 4 is 27.5 Å². The molecule has 34 heavy (non-hydrogen) atoms. The van der Waals surface area contributed by atoms with Crippen LogP contribution in [-0.2, 0) is 14.8 Å². The van der Waals surface area contributed by atoms with Crippen molar-refractivity contribution in [1.29, 1.82) is 0 Å². The van der Waals surface area contributed by atoms with E-state index < -0.39 is 10.0 Å². The fourth-order valence-corrected chi connectivity index (χ4v) is 6.02. The van der Waals surface area contributed by atoms with Crippen LogP contribution in [0.15, 0.2) is 41.3 Å². The van der Waals surface area contributed by atoms with Crippen LogP contribution < -0.4 is 10.0 Å². The number of piperidine rings is 1. The van der Waals surface area contributed by atoms with Crippen LogP contribution >= 0.6 is 0 Å². The Kier molecular flexibility index (Phi) is 8.02. The minimum Gasteiger partial charge on any atom is -0.356 e. The third kappa shape index (κ3) is 6.17. The van der Waals surface area contributed by atoms with Gasteiger partial charge < -0.3 is 10.2 Å². The van der Waals surface area contributed by atoms with E-state index in [0.29, 0.717) is 47.9 Å². The van der Waals surface area contributed by atoms with Gasteiger partial charge in [0.25, 0.3) is 15.9 Å². The minimum atomic E-state index is -3.82. The number of carbonyl (C=O) groups excluding carboxylic acids is 2. The molecule has 0 spiro atoms. The number of benzene rings is 2. The summed E-state index contributed by atoms with van der Waals surface area (Å²) in [5.41, 5.74) is 3.06. The molecule has 0 unspecified atom stereocenters. The molecule has 3 rings (SSSR count). The first-order valence-electron chi connectivity index (χ1n) is 11.8. The van der Waals surface area contributed by atoms with E-state index in [1.165, 1.54) is 0 Å². The zero-order valence-electron chi connectivity index (χ0n) is 20.6. The number of likely N-dealkylation sites (tertiary alicyclic amines) is 1. The van der Waals surface area contributed by atoms with Gasteiger partial charge in [0.15, 0.2) is 0 Å². The molecular weight excluding hydrogens is 450 g/mol. The SMILES string of the molecule is Cc1cc(C)c(S(=O)(=O)Nc2cccc(C(=O)N3CCC[C@@H](C(=O)NCC(C)C)C3)c2)c(C)c1. The smallest absolute Gasteiger partial charge is 0.262 e. The van der Waals surface area contributed by atoms with Gasteiger partial charge in [-0.25, -0.2) is 8.42 Å². The lowest BCUT2D eigenvalue weighted by Crippen LogP contribution is -2.46. The lowest BCUT2D eigenvalue weighted by molar-refractivity contribution is -0.126. The number of hydrogen-bond donors (Lipinski definition) is 2. The summed E-state index contributed by atoms with van der Waals surface area (Å²) < 4.78 is 28.9. The number of anilines is 1. The Labute approximate surface area is 203 Å². The molecule has 1 saturated heterocycles. The number of sulfonamides is 1. The number of hydrogen-bond acceptors (Lipinski definition) is 4. The monoisotopic (exact) mass is 485 g/mol. The van der Waals surface area contributed by atoms with E-state index in [1.54, 1.807) is 43.0 Å². The number of rotatable bonds is 7. The molecule has 8 heteroatoms. The highest BCUT2D eigenvalue weighted by Gasteiger charge is 2.29. The van der Waals surface area contributed by atoms with Crippen LogP contribution in [0.25, 0.3) is 0 Å². The maximum Gasteiger partial charge on any atom is 0.262 e. The predicted molar refractivity (Wildman–Crippen MR) is 134 cm³/mol. The fourth-order valence-electron chi connectivity index (χ4n) is 4.52. The third-order valence-electron chi connectivity index (χ3n) is 6.00. The molecule has 1 aliphatic rings. The molecule has 0 radical (unpaired) electrons. The van der Waals surface area contributed by atoms with Crippen molar-refractivity contribution in [3.05, 3.63) is 58.7 Å². The highest BCUT2D eigenvalue weighted by atomic mass is 32.2. The second-order valence-corrected chi connectivity index (χ2v) is 11.3. The molecular formula is C26H35N3O4S. The lowest BCUT2D eigenvalue weighted by Gasteiger charge is -2.32. The van der Waals surface area contributed by atoms with E-state index in [1.807, 2.05) is 32.9 Å². The average molecular weight is 486 g/mol. The number of aryl methyl sites for hydroxylation is 3. The minimum absolute atomic E-state index is 0.0171. The highest BCUT2D eigenvalue weighted by molar-refractivity contribution is 7.92. The first-order valence-corrected chi connectivity index (χ1v) is 13.2. The molecule has 1 fully saturated rings. The normalized spacial score (nSPS) is 16.4. The van der Waals surface area contributed by atoms with Crippen LogP contribution in [0.2, 0.25) is 0 Å². The maximum absolute atomic E-state index is 13.2. The summed E-state index contributed by atoms with van der Waals surface area (Å²) >= 11 is 0. The Hall–Kier alpha value is -2.87. The van der Waals surface area contributed by atoms with Gasteiger partial charge in [-0.1, -0.05) is 37.6 Å². The molecule has 1 heterocycles. The first-order chi connectivity index (χ1) is 16.0. The Morgan fingerprint density at radius 2 is 1.76 bits per heavy atom. The maximum atomic E-state index is 13.2. The largest absolute Gasteiger partial charge is 0.356 e. The van der Waals surface area contributed by atoms with Gasteiger partial charge in [0.2, 0.25) is 5.91 Å². The van der Waals surface area contributed by atoms with Crippen molar-refractivity contribution in [2.24, 2.45) is 11.8 Å². The summed E-state index contributed by atoms with van der Waals surface area (Å²) in [6.45, 7) is 11.1. The Bertz CT molecular complexity index is 1150. The molecule has 7 nitrogen and oxygen atoms in total. The molecule has 2 aromatic rings. The Morgan fingerprint density at radius 3 is 2.41 bits per heavy atom. The highest BCUT2D eigenvalue weighted by Crippen LogP contribution is 2.25. The van der Waals surface area contributed by atoms with Gasteiger partial charge in [-0.15, -0.1) is 0 Å². The molecule has 0 bridgehead atoms. The Morgan fingerprint density at radius 1 is 1.09 bits per heavy atom. The number of nitrogens with one attached hydrogen (secondary N) is 2. The molecule has 0 saturated carbocycles. The van der Waals surface area contributed by atoms with Crippen LogP contribution in [0.4, 0.5) is 5.69 Å². The molecule has 1 atom stereocenters. The summed E-state index contributed by atoms with van der Waals surface area (Å²) in [5, 5.41) is 2.96. The number of nitrogens with zero attached hydrogens (tertiary/aromatic N) is 1. The fraction of sp³-hybridized carbons (Fsp3) is 0.462. The van der Waals surface area contributed by atoms with Crippen LogP contribution in [0.5, 0.6) is 0 Å². The quantitative estimate of drug-likeness (QED) is 0.619. The summed E-state index contributed by atoms with van der Waals surface area (Å²) in [4.78, 5) is 27.6. The second-order valence-electron chi connectivity index (χ2n) is 9.64. The standard InChI is InChI=1S/C26H35N3O4S/c1-17(2)15-27-25(30)22-9-7-11-29(16-22)26(31)21-8-6-10-23(14-21)28-34(32,33)24-19(4)12-18(3)13-20(24)5/h6,8,10,12-14,17,22,28H,7,9,11,15-16H2,1-5H3,(H,27,30)/t22-/m1/s1. The van der Waals surface area contributed by atoms with Gasteiger partial charge in [0, 0.05) is 30.9 Å². The molecule has 2 N–H and O–H groups in total. The van der Waals surface area contributed by atoms with Gasteiger partial charge in [-0.2, -0.15) is 0 Å². The van der Waals surface area contributed by atoms with Crippen molar-refractivity contribution < 1.29 is 18.0 Å². The van der Waals surface area contributed by atoms with Gasteiger partial charge in [-0.05, 0) is 68.9 Å². The van der Waals surface area contributed by atoms with Crippen LogP contribution in [-0.4, -0.2) is 44.8 Å². The van der Waals surface area contributed by atoms with E-state index in [9.17, 15) is 18.0 Å². The summed E-state index contributed by atoms with van der Waals surface area (Å²) in [5.74, 6) is -0.0865. The van der Waals surface area contributed by atoms with E-state index in [2.05, 4.69) is 10.0 Å². The van der Waals surface area contributed by atoms with E-state index in [0.717, 1.165) is 18.4 Å². The molecule has 0 aliphatic carbocycles. The summed E-state index contributed by atoms with van der Waals surface area (Å²) in [6, 6.07) is 10.2. The van der Waals surface area contributed by atoms with Gasteiger partial charge in [0.05, 0.1) is 10.8 Å². The first kappa shape index (κ1) is 25.7.